The molecule has 0 aliphatic carbocycles. The maximum absolute atomic E-state index is 3.24. The average Bonchev–Trinajstić information content (AvgIpc) is 2.64. The Kier molecular flexibility index (Phi) is 11.2. The molecule has 0 spiro atoms. The second-order valence-electron chi connectivity index (χ2n) is 2.47. The van der Waals surface area contributed by atoms with Crippen molar-refractivity contribution in [3.8, 4) is 0 Å². The molecule has 2 aromatic rings. The number of nitrogens with one attached hydrogen (secondary N) is 1. The third-order valence-corrected chi connectivity index (χ3v) is 1.60. The molecule has 0 fully saturated rings. The van der Waals surface area contributed by atoms with Crippen LogP contribution in [0.3, 0.4) is 0 Å². The molecule has 1 heterocycles. The average molecular weight is 374 g/mol. The number of benzene rings is 1. The molecule has 0 saturated carbocycles. The molecular weight excluding hydrogens is 354 g/mol. The molecule has 0 saturated heterocycles. The Hall–Kier alpha value is -0.552. The van der Waals surface area contributed by atoms with Crippen LogP contribution >= 0.6 is 0 Å². The molecule has 0 unspecified atom stereocenters. The van der Waals surface area contributed by atoms with Crippen LogP contribution in [-0.4, -0.2) is 4.98 Å². The van der Waals surface area contributed by atoms with E-state index in [2.05, 4.69) is 24.0 Å². The van der Waals surface area contributed by atoms with E-state index in [4.69, 9.17) is 0 Å². The summed E-state index contributed by atoms with van der Waals surface area (Å²) in [6.45, 7) is 10.1. The summed E-state index contributed by atoms with van der Waals surface area (Å²) in [5.41, 5.74) is 2.39. The van der Waals surface area contributed by atoms with Gasteiger partial charge in [-0.2, -0.15) is 18.2 Å². The van der Waals surface area contributed by atoms with Gasteiger partial charge in [-0.3, -0.25) is 0 Å². The van der Waals surface area contributed by atoms with Crippen molar-refractivity contribution in [2.75, 3.05) is 0 Å². The molecule has 0 radical (unpaired) electrons. The van der Waals surface area contributed by atoms with Crippen molar-refractivity contribution >= 4 is 10.9 Å². The molecule has 1 aromatic heterocycles. The minimum absolute atomic E-state index is 0. The number of aromatic nitrogens is 1. The Labute approximate surface area is 108 Å². The maximum Gasteiger partial charge on any atom is 0 e. The largest absolute Gasteiger partial charge is 0.382 e. The number of aryl methyl sites for hydroxylation is 1. The van der Waals surface area contributed by atoms with E-state index in [1.165, 1.54) is 16.6 Å². The number of rotatable bonds is 0. The number of fused-ring (bicyclic) bond motifs is 1. The van der Waals surface area contributed by atoms with E-state index in [-0.39, 0.29) is 21.1 Å². The zero-order chi connectivity index (χ0) is 11.0. The third kappa shape index (κ3) is 5.18. The zero-order valence-electron chi connectivity index (χ0n) is 10.2. The second kappa shape index (κ2) is 9.98. The van der Waals surface area contributed by atoms with E-state index in [0.29, 0.717) is 0 Å². The van der Waals surface area contributed by atoms with E-state index in [1.807, 2.05) is 45.9 Å². The van der Waals surface area contributed by atoms with E-state index < -0.39 is 0 Å². The predicted molar refractivity (Wildman–Crippen MR) is 64.6 cm³/mol. The van der Waals surface area contributed by atoms with Gasteiger partial charge in [0, 0.05) is 21.1 Å². The summed E-state index contributed by atoms with van der Waals surface area (Å²) in [6, 6.07) is 11.1. The fourth-order valence-electron chi connectivity index (χ4n) is 1.16. The standard InChI is InChI=1S/C9H8N.2C2H6.W/c1-7-6-8-4-2-3-5-9(8)10-7;2*1-2;/h3-6,10H,1H3;2*1-2H3;/q-1;;;. The van der Waals surface area contributed by atoms with Gasteiger partial charge in [-0.15, -0.1) is 11.5 Å². The minimum atomic E-state index is 0. The molecule has 2 heteroatoms. The smallest absolute Gasteiger partial charge is 0 e. The van der Waals surface area contributed by atoms with Gasteiger partial charge in [0.15, 0.2) is 0 Å². The van der Waals surface area contributed by atoms with Crippen LogP contribution in [0.15, 0.2) is 24.3 Å². The van der Waals surface area contributed by atoms with Crippen LogP contribution in [0.25, 0.3) is 10.9 Å². The molecular formula is C13H20NW-. The topological polar surface area (TPSA) is 15.8 Å². The molecule has 0 amide bonds. The van der Waals surface area contributed by atoms with E-state index in [1.54, 1.807) is 0 Å². The fraction of sp³-hybridized carbons (Fsp3) is 0.385. The van der Waals surface area contributed by atoms with E-state index in [9.17, 15) is 0 Å². The summed E-state index contributed by atoms with van der Waals surface area (Å²) in [4.78, 5) is 3.24. The van der Waals surface area contributed by atoms with Gasteiger partial charge in [-0.1, -0.05) is 39.3 Å². The number of hydrogen-bond donors (Lipinski definition) is 1. The van der Waals surface area contributed by atoms with Crippen LogP contribution in [0.4, 0.5) is 0 Å². The number of H-pyrrole nitrogens is 1. The second-order valence-corrected chi connectivity index (χ2v) is 2.47. The quantitative estimate of drug-likeness (QED) is 0.661. The van der Waals surface area contributed by atoms with Crippen LogP contribution in [0.2, 0.25) is 0 Å². The molecule has 0 bridgehead atoms. The van der Waals surface area contributed by atoms with Gasteiger partial charge >= 0.3 is 0 Å². The fourth-order valence-corrected chi connectivity index (χ4v) is 1.16. The molecule has 0 atom stereocenters. The first-order chi connectivity index (χ1) is 6.86. The van der Waals surface area contributed by atoms with Crippen molar-refractivity contribution in [1.82, 2.24) is 4.98 Å². The van der Waals surface area contributed by atoms with E-state index >= 15 is 0 Å². The molecule has 15 heavy (non-hydrogen) atoms. The zero-order valence-corrected chi connectivity index (χ0v) is 13.2. The van der Waals surface area contributed by atoms with Crippen LogP contribution in [0.5, 0.6) is 0 Å². The molecule has 0 aliphatic rings. The monoisotopic (exact) mass is 374 g/mol. The number of aromatic amines is 1. The van der Waals surface area contributed by atoms with Gasteiger partial charge in [-0.25, -0.2) is 0 Å². The predicted octanol–water partition coefficient (Wildman–Crippen LogP) is 4.33. The minimum Gasteiger partial charge on any atom is -0.382 e. The summed E-state index contributed by atoms with van der Waals surface area (Å²) in [5.74, 6) is 0. The molecule has 1 aromatic carbocycles. The normalized spacial score (nSPS) is 7.80. The van der Waals surface area contributed by atoms with Crippen molar-refractivity contribution in [2.45, 2.75) is 34.6 Å². The molecule has 0 aliphatic heterocycles. The number of hydrogen-bond acceptors (Lipinski definition) is 0. The van der Waals surface area contributed by atoms with Crippen LogP contribution in [0.1, 0.15) is 33.4 Å². The SMILES string of the molecule is CC.CC.Cc1cc2c[c-]ccc2[nH]1.[W]. The van der Waals surface area contributed by atoms with Crippen LogP contribution in [-0.2, 0) is 21.1 Å². The van der Waals surface area contributed by atoms with Gasteiger partial charge in [0.05, 0.1) is 0 Å². The van der Waals surface area contributed by atoms with Crippen LogP contribution < -0.4 is 0 Å². The first-order valence-electron chi connectivity index (χ1n) is 5.32. The van der Waals surface area contributed by atoms with Crippen molar-refractivity contribution in [3.05, 3.63) is 36.0 Å². The van der Waals surface area contributed by atoms with Crippen LogP contribution in [0, 0.1) is 13.0 Å². The summed E-state index contributed by atoms with van der Waals surface area (Å²) in [7, 11) is 0. The summed E-state index contributed by atoms with van der Waals surface area (Å²) in [5, 5.41) is 1.24. The first kappa shape index (κ1) is 16.9. The molecule has 84 valence electrons. The first-order valence-corrected chi connectivity index (χ1v) is 5.32. The molecule has 2 rings (SSSR count). The van der Waals surface area contributed by atoms with E-state index in [0.717, 1.165) is 0 Å². The van der Waals surface area contributed by atoms with Gasteiger partial charge in [0.25, 0.3) is 0 Å². The Morgan fingerprint density at radius 3 is 2.27 bits per heavy atom. The van der Waals surface area contributed by atoms with Crippen molar-refractivity contribution in [3.63, 3.8) is 0 Å². The Morgan fingerprint density at radius 1 is 1.13 bits per heavy atom. The molecule has 1 nitrogen and oxygen atoms in total. The van der Waals surface area contributed by atoms with Crippen molar-refractivity contribution in [2.24, 2.45) is 0 Å². The third-order valence-electron chi connectivity index (χ3n) is 1.60. The van der Waals surface area contributed by atoms with Gasteiger partial charge in [0.2, 0.25) is 0 Å². The van der Waals surface area contributed by atoms with Gasteiger partial charge < -0.3 is 4.98 Å². The maximum atomic E-state index is 3.24. The Balaban J connectivity index is 0. The van der Waals surface area contributed by atoms with Gasteiger partial charge in [0.1, 0.15) is 0 Å². The Bertz CT molecular complexity index is 319. The summed E-state index contributed by atoms with van der Waals surface area (Å²) >= 11 is 0. The van der Waals surface area contributed by atoms with Gasteiger partial charge in [-0.05, 0) is 12.6 Å². The summed E-state index contributed by atoms with van der Waals surface area (Å²) < 4.78 is 0. The molecule has 1 N–H and O–H groups in total. The van der Waals surface area contributed by atoms with Crippen molar-refractivity contribution in [1.29, 1.82) is 0 Å². The summed E-state index contributed by atoms with van der Waals surface area (Å²) in [6.07, 6.45) is 0. The Morgan fingerprint density at radius 2 is 1.73 bits per heavy atom. The van der Waals surface area contributed by atoms with Crippen molar-refractivity contribution < 1.29 is 21.1 Å².